The molecular formula is C14H22FN3O3S. The molecule has 3 N–H and O–H groups in total. The number of benzene rings is 1. The second-order valence-electron chi connectivity index (χ2n) is 4.68. The van der Waals surface area contributed by atoms with Crippen molar-refractivity contribution in [1.29, 1.82) is 0 Å². The third kappa shape index (κ3) is 7.37. The maximum atomic E-state index is 13.3. The molecule has 0 unspecified atom stereocenters. The average molecular weight is 331 g/mol. The van der Waals surface area contributed by atoms with Crippen LogP contribution in [0.3, 0.4) is 0 Å². The molecule has 1 rings (SSSR count). The number of sulfonamides is 1. The number of amides is 2. The monoisotopic (exact) mass is 331 g/mol. The predicted molar refractivity (Wildman–Crippen MR) is 83.6 cm³/mol. The molecule has 6 nitrogen and oxygen atoms in total. The van der Waals surface area contributed by atoms with Crippen LogP contribution >= 0.6 is 0 Å². The number of carbonyl (C=O) groups is 1. The Labute approximate surface area is 130 Å². The van der Waals surface area contributed by atoms with E-state index in [1.165, 1.54) is 6.07 Å². The first-order valence-electron chi connectivity index (χ1n) is 7.17. The van der Waals surface area contributed by atoms with Gasteiger partial charge in [0.15, 0.2) is 0 Å². The average Bonchev–Trinajstić information content (AvgIpc) is 2.49. The van der Waals surface area contributed by atoms with Crippen molar-refractivity contribution in [2.75, 3.05) is 25.4 Å². The van der Waals surface area contributed by atoms with Crippen molar-refractivity contribution >= 4 is 16.1 Å². The first kappa shape index (κ1) is 18.4. The molecule has 1 aromatic carbocycles. The first-order chi connectivity index (χ1) is 10.4. The van der Waals surface area contributed by atoms with E-state index < -0.39 is 10.0 Å². The summed E-state index contributed by atoms with van der Waals surface area (Å²) in [6, 6.07) is 6.07. The van der Waals surface area contributed by atoms with Crippen molar-refractivity contribution in [1.82, 2.24) is 15.4 Å². The van der Waals surface area contributed by atoms with E-state index in [-0.39, 0.29) is 24.1 Å². The minimum Gasteiger partial charge on any atom is -0.338 e. The summed E-state index contributed by atoms with van der Waals surface area (Å²) >= 11 is 0. The molecule has 0 spiro atoms. The summed E-state index contributed by atoms with van der Waals surface area (Å²) in [5, 5.41) is 5.23. The molecule has 0 aromatic heterocycles. The highest BCUT2D eigenvalue weighted by Gasteiger charge is 2.05. The number of hydrogen-bond acceptors (Lipinski definition) is 3. The fourth-order valence-electron chi connectivity index (χ4n) is 1.69. The molecule has 124 valence electrons. The molecule has 0 atom stereocenters. The highest BCUT2D eigenvalue weighted by molar-refractivity contribution is 7.89. The van der Waals surface area contributed by atoms with Crippen LogP contribution in [-0.2, 0) is 16.4 Å². The summed E-state index contributed by atoms with van der Waals surface area (Å²) in [6.07, 6.45) is 0.913. The zero-order chi connectivity index (χ0) is 16.4. The van der Waals surface area contributed by atoms with Crippen molar-refractivity contribution in [2.45, 2.75) is 19.8 Å². The van der Waals surface area contributed by atoms with E-state index in [2.05, 4.69) is 15.4 Å². The number of urea groups is 1. The lowest BCUT2D eigenvalue weighted by molar-refractivity contribution is 0.241. The SMILES string of the molecule is CCS(=O)(=O)NCCCNC(=O)NCCc1ccccc1F. The summed E-state index contributed by atoms with van der Waals surface area (Å²) in [5.74, 6) is -0.246. The fourth-order valence-corrected chi connectivity index (χ4v) is 2.35. The molecule has 22 heavy (non-hydrogen) atoms. The quantitative estimate of drug-likeness (QED) is 0.590. The lowest BCUT2D eigenvalue weighted by atomic mass is 10.1. The molecule has 2 amide bonds. The number of hydrogen-bond donors (Lipinski definition) is 3. The number of nitrogens with one attached hydrogen (secondary N) is 3. The van der Waals surface area contributed by atoms with Gasteiger partial charge in [-0.15, -0.1) is 0 Å². The molecule has 0 aliphatic heterocycles. The first-order valence-corrected chi connectivity index (χ1v) is 8.82. The molecule has 0 heterocycles. The van der Waals surface area contributed by atoms with Crippen LogP contribution in [0.2, 0.25) is 0 Å². The third-order valence-electron chi connectivity index (χ3n) is 2.98. The van der Waals surface area contributed by atoms with E-state index in [1.54, 1.807) is 25.1 Å². The fraction of sp³-hybridized carbons (Fsp3) is 0.500. The van der Waals surface area contributed by atoms with Crippen LogP contribution in [-0.4, -0.2) is 39.8 Å². The third-order valence-corrected chi connectivity index (χ3v) is 4.38. The Bertz CT molecular complexity index is 578. The zero-order valence-electron chi connectivity index (χ0n) is 12.6. The second-order valence-corrected chi connectivity index (χ2v) is 6.77. The Balaban J connectivity index is 2.11. The van der Waals surface area contributed by atoms with E-state index in [0.717, 1.165) is 0 Å². The molecule has 0 aliphatic rings. The standard InChI is InChI=1S/C14H22FN3O3S/c1-2-22(20,21)18-10-5-9-16-14(19)17-11-8-12-6-3-4-7-13(12)15/h3-4,6-7,18H,2,5,8-11H2,1H3,(H2,16,17,19). The van der Waals surface area contributed by atoms with Crippen molar-refractivity contribution in [2.24, 2.45) is 0 Å². The van der Waals surface area contributed by atoms with E-state index in [0.29, 0.717) is 31.5 Å². The predicted octanol–water partition coefficient (Wildman–Crippen LogP) is 0.997. The van der Waals surface area contributed by atoms with Gasteiger partial charge in [0.05, 0.1) is 5.75 Å². The van der Waals surface area contributed by atoms with Crippen LogP contribution in [0.25, 0.3) is 0 Å². The van der Waals surface area contributed by atoms with Gasteiger partial charge in [0.25, 0.3) is 0 Å². The Morgan fingerprint density at radius 3 is 2.50 bits per heavy atom. The highest BCUT2D eigenvalue weighted by atomic mass is 32.2. The largest absolute Gasteiger partial charge is 0.338 e. The maximum absolute atomic E-state index is 13.3. The van der Waals surface area contributed by atoms with Crippen LogP contribution in [0, 0.1) is 5.82 Å². The topological polar surface area (TPSA) is 87.3 Å². The molecular weight excluding hydrogens is 309 g/mol. The van der Waals surface area contributed by atoms with Gasteiger partial charge in [-0.2, -0.15) is 0 Å². The van der Waals surface area contributed by atoms with E-state index in [9.17, 15) is 17.6 Å². The second kappa shape index (κ2) is 9.37. The van der Waals surface area contributed by atoms with Gasteiger partial charge in [-0.25, -0.2) is 22.3 Å². The number of carbonyl (C=O) groups excluding carboxylic acids is 1. The van der Waals surface area contributed by atoms with Gasteiger partial charge in [0.2, 0.25) is 10.0 Å². The molecule has 0 aliphatic carbocycles. The summed E-state index contributed by atoms with van der Waals surface area (Å²) in [4.78, 5) is 11.5. The molecule has 8 heteroatoms. The van der Waals surface area contributed by atoms with Gasteiger partial charge < -0.3 is 10.6 Å². The molecule has 0 fully saturated rings. The number of rotatable bonds is 9. The van der Waals surface area contributed by atoms with Crippen LogP contribution in [0.4, 0.5) is 9.18 Å². The van der Waals surface area contributed by atoms with Gasteiger partial charge in [-0.1, -0.05) is 18.2 Å². The zero-order valence-corrected chi connectivity index (χ0v) is 13.4. The van der Waals surface area contributed by atoms with E-state index in [4.69, 9.17) is 0 Å². The molecule has 0 saturated heterocycles. The Hall–Kier alpha value is -1.67. The molecule has 1 aromatic rings. The van der Waals surface area contributed by atoms with Crippen LogP contribution in [0.15, 0.2) is 24.3 Å². The van der Waals surface area contributed by atoms with E-state index >= 15 is 0 Å². The van der Waals surface area contributed by atoms with Gasteiger partial charge >= 0.3 is 6.03 Å². The van der Waals surface area contributed by atoms with Crippen LogP contribution in [0.5, 0.6) is 0 Å². The molecule has 0 bridgehead atoms. The molecule has 0 radical (unpaired) electrons. The summed E-state index contributed by atoms with van der Waals surface area (Å²) in [5.41, 5.74) is 0.553. The lowest BCUT2D eigenvalue weighted by Crippen LogP contribution is -2.38. The van der Waals surface area contributed by atoms with Crippen molar-refractivity contribution in [3.05, 3.63) is 35.6 Å². The van der Waals surface area contributed by atoms with Crippen molar-refractivity contribution < 1.29 is 17.6 Å². The maximum Gasteiger partial charge on any atom is 0.314 e. The minimum atomic E-state index is -3.18. The lowest BCUT2D eigenvalue weighted by Gasteiger charge is -2.08. The van der Waals surface area contributed by atoms with Gasteiger partial charge in [0.1, 0.15) is 5.82 Å². The summed E-state index contributed by atoms with van der Waals surface area (Å²) in [6.45, 7) is 2.53. The van der Waals surface area contributed by atoms with Crippen LogP contribution < -0.4 is 15.4 Å². The van der Waals surface area contributed by atoms with Crippen LogP contribution in [0.1, 0.15) is 18.9 Å². The number of halogens is 1. The van der Waals surface area contributed by atoms with Crippen molar-refractivity contribution in [3.63, 3.8) is 0 Å². The highest BCUT2D eigenvalue weighted by Crippen LogP contribution is 2.05. The Morgan fingerprint density at radius 1 is 1.14 bits per heavy atom. The molecule has 0 saturated carbocycles. The van der Waals surface area contributed by atoms with Gasteiger partial charge in [-0.3, -0.25) is 0 Å². The van der Waals surface area contributed by atoms with Gasteiger partial charge in [-0.05, 0) is 31.4 Å². The normalized spacial score (nSPS) is 11.2. The minimum absolute atomic E-state index is 0.0387. The summed E-state index contributed by atoms with van der Waals surface area (Å²) in [7, 11) is -3.18. The summed E-state index contributed by atoms with van der Waals surface area (Å²) < 4.78 is 38.1. The van der Waals surface area contributed by atoms with E-state index in [1.807, 2.05) is 0 Å². The van der Waals surface area contributed by atoms with Crippen molar-refractivity contribution in [3.8, 4) is 0 Å². The smallest absolute Gasteiger partial charge is 0.314 e. The Morgan fingerprint density at radius 2 is 1.82 bits per heavy atom. The van der Waals surface area contributed by atoms with Gasteiger partial charge in [0, 0.05) is 19.6 Å². The Kier molecular flexibility index (Phi) is 7.83.